The molecule has 2 fully saturated rings. The molecule has 0 radical (unpaired) electrons. The molecule has 0 aromatic heterocycles. The first-order chi connectivity index (χ1) is 13.7. The lowest BCUT2D eigenvalue weighted by Gasteiger charge is -2.25. The fraction of sp³-hybridized carbons (Fsp3) is 0.300. The van der Waals surface area contributed by atoms with Crippen molar-refractivity contribution in [2.24, 2.45) is 4.99 Å². The van der Waals surface area contributed by atoms with Crippen LogP contribution >= 0.6 is 35.0 Å². The molecule has 2 atom stereocenters. The molecular weight excluding hydrogens is 451 g/mol. The van der Waals surface area contributed by atoms with Crippen LogP contribution in [0, 0.1) is 6.92 Å². The van der Waals surface area contributed by atoms with Gasteiger partial charge in [0.2, 0.25) is 0 Å². The van der Waals surface area contributed by atoms with Gasteiger partial charge in [0.25, 0.3) is 5.91 Å². The molecule has 0 bridgehead atoms. The molecule has 0 saturated carbocycles. The SMILES string of the molecule is Cc1cccc(CC(=O)N=C2S[C@H]3CS(=O)(=O)C[C@@H]3N2c2cc(Cl)ccc2Cl)c1. The molecule has 2 aliphatic heterocycles. The van der Waals surface area contributed by atoms with Crippen molar-refractivity contribution in [2.45, 2.75) is 24.6 Å². The summed E-state index contributed by atoms with van der Waals surface area (Å²) in [5, 5.41) is 1.18. The quantitative estimate of drug-likeness (QED) is 0.676. The number of amides is 1. The monoisotopic (exact) mass is 468 g/mol. The third kappa shape index (κ3) is 4.48. The van der Waals surface area contributed by atoms with Crippen LogP contribution in [0.5, 0.6) is 0 Å². The Labute approximate surface area is 184 Å². The number of anilines is 1. The van der Waals surface area contributed by atoms with E-state index in [-0.39, 0.29) is 35.1 Å². The molecule has 0 N–H and O–H groups in total. The van der Waals surface area contributed by atoms with Gasteiger partial charge in [-0.2, -0.15) is 4.99 Å². The van der Waals surface area contributed by atoms with Crippen molar-refractivity contribution in [3.8, 4) is 0 Å². The zero-order valence-corrected chi connectivity index (χ0v) is 18.7. The Morgan fingerprint density at radius 1 is 1.21 bits per heavy atom. The van der Waals surface area contributed by atoms with E-state index in [1.165, 1.54) is 11.8 Å². The van der Waals surface area contributed by atoms with Crippen molar-refractivity contribution in [1.82, 2.24) is 0 Å². The number of aliphatic imine (C=N–C) groups is 1. The first kappa shape index (κ1) is 20.7. The third-order valence-electron chi connectivity index (χ3n) is 4.89. The molecule has 5 nitrogen and oxygen atoms in total. The number of carbonyl (C=O) groups excluding carboxylic acids is 1. The Hall–Kier alpha value is -1.54. The smallest absolute Gasteiger partial charge is 0.252 e. The molecule has 9 heteroatoms. The molecule has 29 heavy (non-hydrogen) atoms. The van der Waals surface area contributed by atoms with Gasteiger partial charge in [0.15, 0.2) is 15.0 Å². The molecule has 0 unspecified atom stereocenters. The van der Waals surface area contributed by atoms with Gasteiger partial charge in [-0.05, 0) is 30.7 Å². The minimum absolute atomic E-state index is 0.00139. The van der Waals surface area contributed by atoms with Crippen LogP contribution in [-0.2, 0) is 21.1 Å². The van der Waals surface area contributed by atoms with Gasteiger partial charge in [-0.15, -0.1) is 0 Å². The number of amidine groups is 1. The van der Waals surface area contributed by atoms with E-state index < -0.39 is 9.84 Å². The van der Waals surface area contributed by atoms with Gasteiger partial charge < -0.3 is 4.90 Å². The number of thioether (sulfide) groups is 1. The first-order valence-electron chi connectivity index (χ1n) is 9.00. The van der Waals surface area contributed by atoms with Crippen LogP contribution in [0.3, 0.4) is 0 Å². The zero-order chi connectivity index (χ0) is 20.8. The lowest BCUT2D eigenvalue weighted by Crippen LogP contribution is -2.38. The van der Waals surface area contributed by atoms with Gasteiger partial charge in [-0.3, -0.25) is 4.79 Å². The van der Waals surface area contributed by atoms with Gasteiger partial charge in [0.1, 0.15) is 0 Å². The standard InChI is InChI=1S/C20H18Cl2N2O3S2/c1-12-3-2-4-13(7-12)8-19(25)23-20-24(16-9-14(21)5-6-15(16)22)17-10-29(26,27)11-18(17)28-20/h2-7,9,17-18H,8,10-11H2,1H3/t17-,18-/m0/s1. The van der Waals surface area contributed by atoms with Crippen LogP contribution in [0.4, 0.5) is 5.69 Å². The molecular formula is C20H18Cl2N2O3S2. The summed E-state index contributed by atoms with van der Waals surface area (Å²) >= 11 is 13.9. The maximum absolute atomic E-state index is 12.7. The van der Waals surface area contributed by atoms with E-state index in [9.17, 15) is 13.2 Å². The zero-order valence-electron chi connectivity index (χ0n) is 15.5. The van der Waals surface area contributed by atoms with Gasteiger partial charge in [0.05, 0.1) is 34.7 Å². The van der Waals surface area contributed by atoms with Crippen molar-refractivity contribution in [1.29, 1.82) is 0 Å². The summed E-state index contributed by atoms with van der Waals surface area (Å²) in [6.07, 6.45) is 0.177. The maximum atomic E-state index is 12.7. The number of sulfone groups is 1. The first-order valence-corrected chi connectivity index (χ1v) is 12.5. The second-order valence-electron chi connectivity index (χ2n) is 7.22. The highest BCUT2D eigenvalue weighted by Gasteiger charge is 2.49. The van der Waals surface area contributed by atoms with Crippen LogP contribution in [-0.4, -0.2) is 42.3 Å². The van der Waals surface area contributed by atoms with Crippen molar-refractivity contribution in [2.75, 3.05) is 16.4 Å². The summed E-state index contributed by atoms with van der Waals surface area (Å²) in [4.78, 5) is 18.7. The number of aryl methyl sites for hydroxylation is 1. The van der Waals surface area contributed by atoms with Crippen LogP contribution in [0.15, 0.2) is 47.5 Å². The Morgan fingerprint density at radius 2 is 2.00 bits per heavy atom. The molecule has 0 spiro atoms. The molecule has 2 aromatic rings. The van der Waals surface area contributed by atoms with Crippen molar-refractivity contribution >= 4 is 61.6 Å². The fourth-order valence-corrected chi connectivity index (χ4v) is 7.96. The number of hydrogen-bond donors (Lipinski definition) is 0. The van der Waals surface area contributed by atoms with Crippen molar-refractivity contribution in [3.05, 3.63) is 63.6 Å². The summed E-state index contributed by atoms with van der Waals surface area (Å²) in [5.41, 5.74) is 2.53. The number of nitrogens with zero attached hydrogens (tertiary/aromatic N) is 2. The Balaban J connectivity index is 1.68. The van der Waals surface area contributed by atoms with Gasteiger partial charge in [0, 0.05) is 10.3 Å². The average molecular weight is 469 g/mol. The molecule has 1 amide bonds. The molecule has 2 aliphatic rings. The summed E-state index contributed by atoms with van der Waals surface area (Å²) in [6.45, 7) is 1.97. The minimum Gasteiger partial charge on any atom is -0.314 e. The number of carbonyl (C=O) groups is 1. The van der Waals surface area contributed by atoms with Gasteiger partial charge >= 0.3 is 0 Å². The fourth-order valence-electron chi connectivity index (χ4n) is 3.66. The van der Waals surface area contributed by atoms with Crippen LogP contribution < -0.4 is 4.90 Å². The Kier molecular flexibility index (Phi) is 5.68. The van der Waals surface area contributed by atoms with Crippen LogP contribution in [0.25, 0.3) is 0 Å². The summed E-state index contributed by atoms with van der Waals surface area (Å²) in [5.74, 6) is -0.232. The van der Waals surface area contributed by atoms with E-state index in [1.807, 2.05) is 31.2 Å². The predicted octanol–water partition coefficient (Wildman–Crippen LogP) is 4.15. The number of hydrogen-bond acceptors (Lipinski definition) is 4. The lowest BCUT2D eigenvalue weighted by atomic mass is 10.1. The van der Waals surface area contributed by atoms with Crippen molar-refractivity contribution in [3.63, 3.8) is 0 Å². The van der Waals surface area contributed by atoms with E-state index in [2.05, 4.69) is 4.99 Å². The molecule has 2 heterocycles. The molecule has 2 saturated heterocycles. The van der Waals surface area contributed by atoms with Crippen LogP contribution in [0.1, 0.15) is 11.1 Å². The normalized spacial score (nSPS) is 24.1. The molecule has 152 valence electrons. The second kappa shape index (κ2) is 7.95. The van der Waals surface area contributed by atoms with Crippen LogP contribution in [0.2, 0.25) is 10.0 Å². The highest BCUT2D eigenvalue weighted by atomic mass is 35.5. The average Bonchev–Trinajstić information content (AvgIpc) is 3.08. The summed E-state index contributed by atoms with van der Waals surface area (Å²) in [7, 11) is -3.15. The third-order valence-corrected chi connectivity index (χ3v) is 8.66. The second-order valence-corrected chi connectivity index (χ2v) is 11.4. The number of halogens is 2. The maximum Gasteiger partial charge on any atom is 0.252 e. The molecule has 0 aliphatic carbocycles. The molecule has 2 aromatic carbocycles. The molecule has 4 rings (SSSR count). The van der Waals surface area contributed by atoms with E-state index in [4.69, 9.17) is 23.2 Å². The number of rotatable bonds is 3. The minimum atomic E-state index is -3.15. The topological polar surface area (TPSA) is 66.8 Å². The summed E-state index contributed by atoms with van der Waals surface area (Å²) in [6, 6.07) is 12.4. The van der Waals surface area contributed by atoms with E-state index in [1.54, 1.807) is 23.1 Å². The number of fused-ring (bicyclic) bond motifs is 1. The summed E-state index contributed by atoms with van der Waals surface area (Å²) < 4.78 is 24.3. The Bertz CT molecular complexity index is 1120. The predicted molar refractivity (Wildman–Crippen MR) is 120 cm³/mol. The van der Waals surface area contributed by atoms with Gasteiger partial charge in [-0.25, -0.2) is 8.42 Å². The van der Waals surface area contributed by atoms with E-state index >= 15 is 0 Å². The Morgan fingerprint density at radius 3 is 2.76 bits per heavy atom. The van der Waals surface area contributed by atoms with Gasteiger partial charge in [-0.1, -0.05) is 64.8 Å². The lowest BCUT2D eigenvalue weighted by molar-refractivity contribution is -0.117. The highest BCUT2D eigenvalue weighted by molar-refractivity contribution is 8.16. The van der Waals surface area contributed by atoms with Crippen molar-refractivity contribution < 1.29 is 13.2 Å². The highest BCUT2D eigenvalue weighted by Crippen LogP contribution is 2.43. The van der Waals surface area contributed by atoms with E-state index in [0.29, 0.717) is 20.9 Å². The number of benzene rings is 2. The van der Waals surface area contributed by atoms with E-state index in [0.717, 1.165) is 11.1 Å². The largest absolute Gasteiger partial charge is 0.314 e.